The van der Waals surface area contributed by atoms with Gasteiger partial charge in [0.2, 0.25) is 5.91 Å². The lowest BCUT2D eigenvalue weighted by atomic mass is 10.1. The molecule has 2 N–H and O–H groups in total. The number of anilines is 2. The lowest BCUT2D eigenvalue weighted by Gasteiger charge is -2.19. The minimum absolute atomic E-state index is 0.132. The molecule has 3 aromatic rings. The fourth-order valence-corrected chi connectivity index (χ4v) is 5.61. The summed E-state index contributed by atoms with van der Waals surface area (Å²) in [7, 11) is -3.69. The van der Waals surface area contributed by atoms with E-state index in [4.69, 9.17) is 0 Å². The number of carbonyl (C=O) groups is 3. The summed E-state index contributed by atoms with van der Waals surface area (Å²) < 4.78 is 27.6. The monoisotopic (exact) mass is 473 g/mol. The largest absolute Gasteiger partial charge is 0.322 e. The van der Waals surface area contributed by atoms with Gasteiger partial charge in [-0.1, -0.05) is 36.4 Å². The third-order valence-electron chi connectivity index (χ3n) is 5.76. The highest BCUT2D eigenvalue weighted by molar-refractivity contribution is 7.92. The summed E-state index contributed by atoms with van der Waals surface area (Å²) in [6.07, 6.45) is 3.48. The molecular weight excluding hydrogens is 454 g/mol. The van der Waals surface area contributed by atoms with Gasteiger partial charge in [-0.3, -0.25) is 24.0 Å². The molecule has 170 valence electrons. The Morgan fingerprint density at radius 1 is 0.941 bits per heavy atom. The first kappa shape index (κ1) is 21.6. The molecule has 2 aliphatic rings. The first-order valence-corrected chi connectivity index (χ1v) is 12.0. The molecule has 3 amide bonds. The van der Waals surface area contributed by atoms with Crippen LogP contribution in [0.3, 0.4) is 0 Å². The Kier molecular flexibility index (Phi) is 5.25. The molecule has 3 aromatic carbocycles. The molecule has 34 heavy (non-hydrogen) atoms. The van der Waals surface area contributed by atoms with Gasteiger partial charge in [-0.25, -0.2) is 8.42 Å². The van der Waals surface area contributed by atoms with Crippen LogP contribution in [0.5, 0.6) is 0 Å². The Bertz CT molecular complexity index is 1480. The van der Waals surface area contributed by atoms with Gasteiger partial charge in [-0.2, -0.15) is 0 Å². The van der Waals surface area contributed by atoms with Gasteiger partial charge in [0.25, 0.3) is 21.8 Å². The maximum Gasteiger partial charge on any atom is 0.264 e. The van der Waals surface area contributed by atoms with Crippen LogP contribution >= 0.6 is 0 Å². The molecular formula is C25H19N3O5S. The van der Waals surface area contributed by atoms with Gasteiger partial charge in [-0.15, -0.1) is 0 Å². The van der Waals surface area contributed by atoms with E-state index in [2.05, 4.69) is 10.6 Å². The van der Waals surface area contributed by atoms with Gasteiger partial charge >= 0.3 is 0 Å². The van der Waals surface area contributed by atoms with Crippen LogP contribution in [0.4, 0.5) is 11.4 Å². The van der Waals surface area contributed by atoms with Crippen LogP contribution in [0.15, 0.2) is 77.7 Å². The molecule has 0 spiro atoms. The van der Waals surface area contributed by atoms with Crippen molar-refractivity contribution in [3.05, 3.63) is 95.1 Å². The van der Waals surface area contributed by atoms with E-state index < -0.39 is 27.7 Å². The van der Waals surface area contributed by atoms with Crippen molar-refractivity contribution in [2.24, 2.45) is 0 Å². The number of rotatable bonds is 5. The van der Waals surface area contributed by atoms with Crippen molar-refractivity contribution in [3.8, 4) is 0 Å². The minimum Gasteiger partial charge on any atom is -0.322 e. The van der Waals surface area contributed by atoms with E-state index in [0.717, 1.165) is 5.56 Å². The highest BCUT2D eigenvalue weighted by atomic mass is 32.2. The third kappa shape index (κ3) is 3.75. The highest BCUT2D eigenvalue weighted by Crippen LogP contribution is 2.32. The number of nitrogens with zero attached hydrogens (tertiary/aromatic N) is 1. The van der Waals surface area contributed by atoms with Crippen molar-refractivity contribution in [2.75, 3.05) is 16.2 Å². The molecule has 0 fully saturated rings. The molecule has 0 saturated heterocycles. The molecule has 0 saturated carbocycles. The number of hydrogen-bond donors (Lipinski definition) is 2. The lowest BCUT2D eigenvalue weighted by molar-refractivity contribution is -0.111. The number of imide groups is 1. The molecule has 2 aliphatic heterocycles. The van der Waals surface area contributed by atoms with Crippen molar-refractivity contribution < 1.29 is 22.8 Å². The number of carbonyl (C=O) groups excluding carboxylic acids is 3. The van der Waals surface area contributed by atoms with Crippen LogP contribution in [0, 0.1) is 0 Å². The average Bonchev–Trinajstić information content (AvgIpc) is 3.40. The van der Waals surface area contributed by atoms with E-state index in [1.54, 1.807) is 30.3 Å². The first-order valence-electron chi connectivity index (χ1n) is 10.5. The number of nitrogens with one attached hydrogen (secondary N) is 2. The van der Waals surface area contributed by atoms with E-state index in [-0.39, 0.29) is 21.7 Å². The maximum atomic E-state index is 13.1. The number of hydrogen-bond acceptors (Lipinski definition) is 5. The second-order valence-electron chi connectivity index (χ2n) is 7.86. The first-order chi connectivity index (χ1) is 16.3. The summed E-state index contributed by atoms with van der Waals surface area (Å²) >= 11 is 0. The lowest BCUT2D eigenvalue weighted by Crippen LogP contribution is -2.29. The van der Waals surface area contributed by atoms with E-state index in [9.17, 15) is 22.8 Å². The number of benzene rings is 3. The van der Waals surface area contributed by atoms with Crippen LogP contribution < -0.4 is 14.9 Å². The molecule has 0 aliphatic carbocycles. The summed E-state index contributed by atoms with van der Waals surface area (Å²) in [6.45, 7) is 0.399. The molecule has 0 aromatic heterocycles. The zero-order valence-electron chi connectivity index (χ0n) is 17.8. The van der Waals surface area contributed by atoms with Crippen molar-refractivity contribution in [2.45, 2.75) is 11.3 Å². The van der Waals surface area contributed by atoms with Gasteiger partial charge in [0.05, 0.1) is 27.4 Å². The van der Waals surface area contributed by atoms with Crippen LogP contribution in [0.1, 0.15) is 31.8 Å². The molecule has 0 radical (unpaired) electrons. The van der Waals surface area contributed by atoms with Gasteiger partial charge in [-0.05, 0) is 54.0 Å². The van der Waals surface area contributed by atoms with Gasteiger partial charge in [0, 0.05) is 12.6 Å². The predicted molar refractivity (Wildman–Crippen MR) is 127 cm³/mol. The Balaban J connectivity index is 1.30. The minimum atomic E-state index is -3.69. The van der Waals surface area contributed by atoms with E-state index in [0.29, 0.717) is 24.2 Å². The Morgan fingerprint density at radius 3 is 2.50 bits per heavy atom. The second kappa shape index (κ2) is 8.27. The SMILES string of the molecule is O=C(/C=C/c1ccc(S(=O)(=O)N2CCc3ccccc32)cc1)Nc1cccc2c1C(=O)NC2=O. The fraction of sp³-hybridized carbons (Fsp3) is 0.0800. The molecule has 8 nitrogen and oxygen atoms in total. The normalized spacial score (nSPS) is 14.8. The zero-order chi connectivity index (χ0) is 23.9. The smallest absolute Gasteiger partial charge is 0.264 e. The van der Waals surface area contributed by atoms with Gasteiger partial charge < -0.3 is 5.32 Å². The summed E-state index contributed by atoms with van der Waals surface area (Å²) in [4.78, 5) is 36.3. The Hall–Kier alpha value is -4.24. The zero-order valence-corrected chi connectivity index (χ0v) is 18.6. The molecule has 5 rings (SSSR count). The Morgan fingerprint density at radius 2 is 1.71 bits per heavy atom. The van der Waals surface area contributed by atoms with E-state index in [1.165, 1.54) is 34.7 Å². The summed E-state index contributed by atoms with van der Waals surface area (Å²) in [5, 5.41) is 4.80. The summed E-state index contributed by atoms with van der Waals surface area (Å²) in [5.74, 6) is -1.55. The predicted octanol–water partition coefficient (Wildman–Crippen LogP) is 2.97. The Labute approximate surface area is 196 Å². The van der Waals surface area contributed by atoms with Crippen LogP contribution in [0.25, 0.3) is 6.08 Å². The van der Waals surface area contributed by atoms with Crippen molar-refractivity contribution in [3.63, 3.8) is 0 Å². The molecule has 0 unspecified atom stereocenters. The van der Waals surface area contributed by atoms with Crippen LogP contribution in [-0.4, -0.2) is 32.7 Å². The van der Waals surface area contributed by atoms with Crippen LogP contribution in [-0.2, 0) is 21.2 Å². The molecule has 2 heterocycles. The van der Waals surface area contributed by atoms with Crippen molar-refractivity contribution in [1.82, 2.24) is 5.32 Å². The van der Waals surface area contributed by atoms with Crippen LogP contribution in [0.2, 0.25) is 0 Å². The number of para-hydroxylation sites is 1. The number of amides is 3. The summed E-state index contributed by atoms with van der Waals surface area (Å²) in [5.41, 5.74) is 2.91. The average molecular weight is 474 g/mol. The third-order valence-corrected chi connectivity index (χ3v) is 7.59. The quantitative estimate of drug-likeness (QED) is 0.437. The highest BCUT2D eigenvalue weighted by Gasteiger charge is 2.31. The van der Waals surface area contributed by atoms with Crippen molar-refractivity contribution in [1.29, 1.82) is 0 Å². The summed E-state index contributed by atoms with van der Waals surface area (Å²) in [6, 6.07) is 18.3. The van der Waals surface area contributed by atoms with Gasteiger partial charge in [0.1, 0.15) is 0 Å². The molecule has 9 heteroatoms. The van der Waals surface area contributed by atoms with Gasteiger partial charge in [0.15, 0.2) is 0 Å². The van der Waals surface area contributed by atoms with E-state index in [1.807, 2.05) is 18.2 Å². The topological polar surface area (TPSA) is 113 Å². The molecule has 0 atom stereocenters. The fourth-order valence-electron chi connectivity index (χ4n) is 4.11. The standard InChI is InChI=1S/C25H19N3O5S/c29-22(26-20-6-3-5-19-23(20)25(31)27-24(19)30)13-10-16-8-11-18(12-9-16)34(32,33)28-15-14-17-4-1-2-7-21(17)28/h1-13H,14-15H2,(H,26,29)(H,27,30,31)/b13-10+. The maximum absolute atomic E-state index is 13.1. The second-order valence-corrected chi connectivity index (χ2v) is 9.72. The van der Waals surface area contributed by atoms with Crippen molar-refractivity contribution >= 4 is 45.2 Å². The van der Waals surface area contributed by atoms with E-state index >= 15 is 0 Å². The number of sulfonamides is 1. The number of fused-ring (bicyclic) bond motifs is 2. The molecule has 0 bridgehead atoms.